The molecule has 5 heteroatoms. The number of benzene rings is 2. The number of rotatable bonds is 4. The molecular formula is C15H15ClF2N2. The van der Waals surface area contributed by atoms with Gasteiger partial charge in [-0.05, 0) is 48.2 Å². The highest BCUT2D eigenvalue weighted by Gasteiger charge is 2.17. The van der Waals surface area contributed by atoms with E-state index >= 15 is 0 Å². The number of aryl methyl sites for hydroxylation is 1. The molecule has 2 rings (SSSR count). The van der Waals surface area contributed by atoms with Gasteiger partial charge in [-0.1, -0.05) is 29.8 Å². The molecule has 1 unspecified atom stereocenters. The number of hydrogen-bond acceptors (Lipinski definition) is 2. The molecule has 106 valence electrons. The van der Waals surface area contributed by atoms with E-state index in [1.165, 1.54) is 18.2 Å². The Morgan fingerprint density at radius 1 is 1.25 bits per heavy atom. The molecule has 0 radical (unpaired) electrons. The number of halogens is 3. The lowest BCUT2D eigenvalue weighted by molar-refractivity contribution is 0.542. The highest BCUT2D eigenvalue weighted by atomic mass is 35.5. The number of hydrazine groups is 1. The minimum Gasteiger partial charge on any atom is -0.271 e. The summed E-state index contributed by atoms with van der Waals surface area (Å²) in [6, 6.07) is 8.79. The van der Waals surface area contributed by atoms with Crippen LogP contribution in [-0.4, -0.2) is 0 Å². The fourth-order valence-corrected chi connectivity index (χ4v) is 2.41. The monoisotopic (exact) mass is 296 g/mol. The van der Waals surface area contributed by atoms with Gasteiger partial charge in [0.15, 0.2) is 0 Å². The highest BCUT2D eigenvalue weighted by Crippen LogP contribution is 2.28. The minimum absolute atomic E-state index is 0.0511. The highest BCUT2D eigenvalue weighted by molar-refractivity contribution is 6.31. The van der Waals surface area contributed by atoms with Gasteiger partial charge in [-0.15, -0.1) is 0 Å². The lowest BCUT2D eigenvalue weighted by Gasteiger charge is -2.19. The fraction of sp³-hybridized carbons (Fsp3) is 0.200. The molecule has 0 aliphatic rings. The van der Waals surface area contributed by atoms with Gasteiger partial charge >= 0.3 is 0 Å². The van der Waals surface area contributed by atoms with Gasteiger partial charge < -0.3 is 0 Å². The molecule has 2 aromatic rings. The standard InChI is InChI=1S/C15H15ClF2N2/c1-9-7-11(17)6-5-10(9)8-14(20-19)12-3-2-4-13(18)15(12)16/h2-7,14,20H,8,19H2,1H3. The first-order valence-corrected chi connectivity index (χ1v) is 6.55. The zero-order valence-corrected chi connectivity index (χ0v) is 11.7. The summed E-state index contributed by atoms with van der Waals surface area (Å²) in [7, 11) is 0. The molecule has 0 aliphatic heterocycles. The van der Waals surface area contributed by atoms with Crippen LogP contribution in [0, 0.1) is 18.6 Å². The average molecular weight is 297 g/mol. The van der Waals surface area contributed by atoms with Crippen LogP contribution in [-0.2, 0) is 6.42 Å². The van der Waals surface area contributed by atoms with Crippen LogP contribution < -0.4 is 11.3 Å². The molecule has 0 spiro atoms. The van der Waals surface area contributed by atoms with Gasteiger partial charge in [0.25, 0.3) is 0 Å². The van der Waals surface area contributed by atoms with E-state index in [2.05, 4.69) is 5.43 Å². The maximum atomic E-state index is 13.5. The first-order valence-electron chi connectivity index (χ1n) is 6.18. The molecule has 2 aromatic carbocycles. The molecular weight excluding hydrogens is 282 g/mol. The average Bonchev–Trinajstić information content (AvgIpc) is 2.42. The van der Waals surface area contributed by atoms with Crippen molar-refractivity contribution in [2.75, 3.05) is 0 Å². The van der Waals surface area contributed by atoms with Gasteiger partial charge in [0, 0.05) is 0 Å². The Bertz CT molecular complexity index is 617. The second-order valence-electron chi connectivity index (χ2n) is 4.64. The lowest BCUT2D eigenvalue weighted by atomic mass is 9.96. The predicted molar refractivity (Wildman–Crippen MR) is 76.3 cm³/mol. The molecule has 0 saturated heterocycles. The summed E-state index contributed by atoms with van der Waals surface area (Å²) < 4.78 is 26.6. The molecule has 0 heterocycles. The van der Waals surface area contributed by atoms with E-state index in [1.807, 2.05) is 6.92 Å². The fourth-order valence-electron chi connectivity index (χ4n) is 2.16. The number of nitrogens with two attached hydrogens (primary N) is 1. The van der Waals surface area contributed by atoms with E-state index in [1.54, 1.807) is 18.2 Å². The molecule has 0 aliphatic carbocycles. The second kappa shape index (κ2) is 6.31. The Labute approximate surface area is 121 Å². The SMILES string of the molecule is Cc1cc(F)ccc1CC(NN)c1cccc(F)c1Cl. The normalized spacial score (nSPS) is 12.4. The summed E-state index contributed by atoms with van der Waals surface area (Å²) in [5.41, 5.74) is 4.96. The van der Waals surface area contributed by atoms with E-state index in [0.717, 1.165) is 11.1 Å². The third-order valence-electron chi connectivity index (χ3n) is 3.29. The van der Waals surface area contributed by atoms with Crippen LogP contribution in [0.3, 0.4) is 0 Å². The summed E-state index contributed by atoms with van der Waals surface area (Å²) in [5.74, 6) is 4.78. The van der Waals surface area contributed by atoms with Crippen molar-refractivity contribution in [3.8, 4) is 0 Å². The third kappa shape index (κ3) is 3.15. The minimum atomic E-state index is -0.486. The zero-order chi connectivity index (χ0) is 14.7. The lowest BCUT2D eigenvalue weighted by Crippen LogP contribution is -2.30. The Balaban J connectivity index is 2.31. The van der Waals surface area contributed by atoms with Gasteiger partial charge in [0.2, 0.25) is 0 Å². The van der Waals surface area contributed by atoms with Crippen LogP contribution in [0.25, 0.3) is 0 Å². The largest absolute Gasteiger partial charge is 0.271 e. The first-order chi connectivity index (χ1) is 9.52. The topological polar surface area (TPSA) is 38.0 Å². The van der Waals surface area contributed by atoms with E-state index in [0.29, 0.717) is 12.0 Å². The first kappa shape index (κ1) is 14.9. The van der Waals surface area contributed by atoms with Crippen molar-refractivity contribution < 1.29 is 8.78 Å². The van der Waals surface area contributed by atoms with Gasteiger partial charge in [-0.2, -0.15) is 0 Å². The Hall–Kier alpha value is -1.49. The summed E-state index contributed by atoms with van der Waals surface area (Å²) >= 11 is 5.97. The van der Waals surface area contributed by atoms with Crippen LogP contribution >= 0.6 is 11.6 Å². The van der Waals surface area contributed by atoms with Gasteiger partial charge in [0.05, 0.1) is 11.1 Å². The van der Waals surface area contributed by atoms with Crippen LogP contribution in [0.15, 0.2) is 36.4 Å². The second-order valence-corrected chi connectivity index (χ2v) is 5.02. The molecule has 2 nitrogen and oxygen atoms in total. The van der Waals surface area contributed by atoms with E-state index in [4.69, 9.17) is 17.4 Å². The molecule has 0 fully saturated rings. The van der Waals surface area contributed by atoms with Crippen molar-refractivity contribution in [2.45, 2.75) is 19.4 Å². The zero-order valence-electron chi connectivity index (χ0n) is 11.0. The molecule has 3 N–H and O–H groups in total. The van der Waals surface area contributed by atoms with Crippen molar-refractivity contribution in [1.29, 1.82) is 0 Å². The molecule has 20 heavy (non-hydrogen) atoms. The Kier molecular flexibility index (Phi) is 4.70. The Morgan fingerprint density at radius 3 is 2.65 bits per heavy atom. The van der Waals surface area contributed by atoms with Gasteiger partial charge in [-0.25, -0.2) is 8.78 Å². The van der Waals surface area contributed by atoms with Crippen LogP contribution in [0.2, 0.25) is 5.02 Å². The van der Waals surface area contributed by atoms with Crippen molar-refractivity contribution in [3.05, 3.63) is 69.7 Å². The molecule has 1 atom stereocenters. The molecule has 0 aromatic heterocycles. The number of nitrogens with one attached hydrogen (secondary N) is 1. The van der Waals surface area contributed by atoms with Gasteiger partial charge in [0.1, 0.15) is 11.6 Å². The van der Waals surface area contributed by atoms with E-state index < -0.39 is 5.82 Å². The predicted octanol–water partition coefficient (Wildman–Crippen LogP) is 3.67. The molecule has 0 saturated carbocycles. The molecule has 0 bridgehead atoms. The van der Waals surface area contributed by atoms with Crippen molar-refractivity contribution in [1.82, 2.24) is 5.43 Å². The summed E-state index contributed by atoms with van der Waals surface area (Å²) in [6.45, 7) is 1.82. The van der Waals surface area contributed by atoms with Crippen molar-refractivity contribution >= 4 is 11.6 Å². The van der Waals surface area contributed by atoms with Crippen molar-refractivity contribution in [2.24, 2.45) is 5.84 Å². The maximum Gasteiger partial charge on any atom is 0.142 e. The third-order valence-corrected chi connectivity index (χ3v) is 3.69. The smallest absolute Gasteiger partial charge is 0.142 e. The summed E-state index contributed by atoms with van der Waals surface area (Å²) in [5, 5.41) is 0.0511. The summed E-state index contributed by atoms with van der Waals surface area (Å²) in [6.07, 6.45) is 0.492. The van der Waals surface area contributed by atoms with Crippen LogP contribution in [0.4, 0.5) is 8.78 Å². The van der Waals surface area contributed by atoms with E-state index in [9.17, 15) is 8.78 Å². The molecule has 0 amide bonds. The summed E-state index contributed by atoms with van der Waals surface area (Å²) in [4.78, 5) is 0. The quantitative estimate of drug-likeness (QED) is 0.667. The maximum absolute atomic E-state index is 13.5. The Morgan fingerprint density at radius 2 is 2.00 bits per heavy atom. The van der Waals surface area contributed by atoms with Crippen LogP contribution in [0.5, 0.6) is 0 Å². The van der Waals surface area contributed by atoms with Gasteiger partial charge in [-0.3, -0.25) is 11.3 Å². The van der Waals surface area contributed by atoms with Crippen molar-refractivity contribution in [3.63, 3.8) is 0 Å². The number of hydrogen-bond donors (Lipinski definition) is 2. The van der Waals surface area contributed by atoms with Crippen LogP contribution in [0.1, 0.15) is 22.7 Å². The van der Waals surface area contributed by atoms with E-state index in [-0.39, 0.29) is 16.9 Å².